The lowest BCUT2D eigenvalue weighted by Gasteiger charge is -2.14. The molecule has 0 spiro atoms. The number of halogens is 2. The van der Waals surface area contributed by atoms with Crippen LogP contribution in [0.25, 0.3) is 6.08 Å². The molecule has 1 aliphatic heterocycles. The molecule has 168 valence electrons. The molecule has 0 bridgehead atoms. The van der Waals surface area contributed by atoms with Crippen LogP contribution >= 0.6 is 50.3 Å². The summed E-state index contributed by atoms with van der Waals surface area (Å²) in [6.45, 7) is 0.648. The van der Waals surface area contributed by atoms with Crippen LogP contribution in [-0.4, -0.2) is 23.2 Å². The second kappa shape index (κ2) is 10.8. The van der Waals surface area contributed by atoms with Crippen LogP contribution in [0.4, 0.5) is 4.79 Å². The molecule has 0 atom stereocenters. The van der Waals surface area contributed by atoms with E-state index in [9.17, 15) is 9.59 Å². The van der Waals surface area contributed by atoms with Crippen LogP contribution < -0.4 is 9.47 Å². The van der Waals surface area contributed by atoms with E-state index in [1.54, 1.807) is 13.2 Å². The molecule has 0 aromatic heterocycles. The number of carbonyl (C=O) groups is 2. The Morgan fingerprint density at radius 3 is 2.52 bits per heavy atom. The van der Waals surface area contributed by atoms with Crippen LogP contribution in [0, 0.1) is 3.57 Å². The van der Waals surface area contributed by atoms with E-state index >= 15 is 0 Å². The lowest BCUT2D eigenvalue weighted by molar-refractivity contribution is -0.123. The zero-order chi connectivity index (χ0) is 23.4. The molecule has 0 saturated carbocycles. The topological polar surface area (TPSA) is 55.8 Å². The minimum Gasteiger partial charge on any atom is -0.493 e. The highest BCUT2D eigenvalue weighted by atomic mass is 127. The largest absolute Gasteiger partial charge is 0.493 e. The number of carbonyl (C=O) groups excluding carboxylic acids is 2. The van der Waals surface area contributed by atoms with E-state index in [0.717, 1.165) is 36.5 Å². The van der Waals surface area contributed by atoms with Crippen molar-refractivity contribution in [2.45, 2.75) is 13.2 Å². The van der Waals surface area contributed by atoms with Crippen LogP contribution in [0.3, 0.4) is 0 Å². The van der Waals surface area contributed by atoms with E-state index in [4.69, 9.17) is 9.47 Å². The maximum atomic E-state index is 12.9. The van der Waals surface area contributed by atoms with Gasteiger partial charge in [0.1, 0.15) is 6.61 Å². The van der Waals surface area contributed by atoms with E-state index in [1.165, 1.54) is 4.90 Å². The van der Waals surface area contributed by atoms with Crippen molar-refractivity contribution in [2.24, 2.45) is 0 Å². The van der Waals surface area contributed by atoms with Gasteiger partial charge in [-0.1, -0.05) is 58.4 Å². The Bertz CT molecular complexity index is 1230. The molecule has 1 aliphatic rings. The minimum absolute atomic E-state index is 0.231. The number of methoxy groups -OCH3 is 1. The molecule has 0 aliphatic carbocycles. The molecular weight excluding hydrogens is 617 g/mol. The number of hydrogen-bond donors (Lipinski definition) is 0. The van der Waals surface area contributed by atoms with Crippen molar-refractivity contribution in [1.82, 2.24) is 4.90 Å². The van der Waals surface area contributed by atoms with Gasteiger partial charge in [0.05, 0.1) is 22.1 Å². The first-order chi connectivity index (χ1) is 15.9. The molecule has 1 fully saturated rings. The van der Waals surface area contributed by atoms with Crippen molar-refractivity contribution in [3.63, 3.8) is 0 Å². The zero-order valence-corrected chi connectivity index (χ0v) is 22.1. The lowest BCUT2D eigenvalue weighted by Crippen LogP contribution is -2.27. The monoisotopic (exact) mass is 635 g/mol. The van der Waals surface area contributed by atoms with Crippen LogP contribution in [-0.2, 0) is 17.9 Å². The van der Waals surface area contributed by atoms with Gasteiger partial charge < -0.3 is 9.47 Å². The van der Waals surface area contributed by atoms with Crippen LogP contribution in [0.15, 0.2) is 76.1 Å². The summed E-state index contributed by atoms with van der Waals surface area (Å²) in [4.78, 5) is 27.1. The Kier molecular flexibility index (Phi) is 7.77. The molecule has 2 amide bonds. The molecule has 4 rings (SSSR count). The lowest BCUT2D eigenvalue weighted by atomic mass is 10.1. The summed E-state index contributed by atoms with van der Waals surface area (Å²) in [5, 5.41) is -0.282. The first-order valence-electron chi connectivity index (χ1n) is 9.98. The zero-order valence-electron chi connectivity index (χ0n) is 17.6. The average molecular weight is 636 g/mol. The molecule has 8 heteroatoms. The maximum Gasteiger partial charge on any atom is 0.293 e. The van der Waals surface area contributed by atoms with Gasteiger partial charge in [-0.25, -0.2) is 0 Å². The molecule has 33 heavy (non-hydrogen) atoms. The Morgan fingerprint density at radius 1 is 1.03 bits per heavy atom. The van der Waals surface area contributed by atoms with Gasteiger partial charge in [0.2, 0.25) is 0 Å². The van der Waals surface area contributed by atoms with E-state index < -0.39 is 0 Å². The summed E-state index contributed by atoms with van der Waals surface area (Å²) in [7, 11) is 1.58. The molecule has 5 nitrogen and oxygen atoms in total. The molecule has 3 aromatic carbocycles. The third kappa shape index (κ3) is 5.80. The smallest absolute Gasteiger partial charge is 0.293 e. The third-order valence-corrected chi connectivity index (χ3v) is 7.08. The van der Waals surface area contributed by atoms with E-state index in [0.29, 0.717) is 23.0 Å². The fraction of sp³-hybridized carbons (Fsp3) is 0.120. The number of hydrogen-bond acceptors (Lipinski definition) is 5. The number of benzene rings is 3. The highest BCUT2D eigenvalue weighted by molar-refractivity contribution is 14.1. The summed E-state index contributed by atoms with van der Waals surface area (Å²) >= 11 is 6.55. The summed E-state index contributed by atoms with van der Waals surface area (Å²) < 4.78 is 13.3. The normalized spacial score (nSPS) is 14.8. The molecule has 1 heterocycles. The number of imide groups is 1. The number of ether oxygens (including phenoxy) is 2. The van der Waals surface area contributed by atoms with Gasteiger partial charge in [-0.15, -0.1) is 0 Å². The first kappa shape index (κ1) is 23.8. The highest BCUT2D eigenvalue weighted by Crippen LogP contribution is 2.38. The Morgan fingerprint density at radius 2 is 1.79 bits per heavy atom. The first-order valence-corrected chi connectivity index (χ1v) is 12.7. The van der Waals surface area contributed by atoms with E-state index in [1.807, 2.05) is 66.7 Å². The van der Waals surface area contributed by atoms with Crippen molar-refractivity contribution in [1.29, 1.82) is 0 Å². The predicted molar refractivity (Wildman–Crippen MR) is 142 cm³/mol. The Balaban J connectivity index is 1.54. The quantitative estimate of drug-likeness (QED) is 0.209. The summed E-state index contributed by atoms with van der Waals surface area (Å²) in [6.07, 6.45) is 1.72. The average Bonchev–Trinajstić information content (AvgIpc) is 3.06. The van der Waals surface area contributed by atoms with E-state index in [2.05, 4.69) is 38.5 Å². The van der Waals surface area contributed by atoms with Gasteiger partial charge in [0.15, 0.2) is 11.5 Å². The van der Waals surface area contributed by atoms with Gasteiger partial charge in [-0.3, -0.25) is 14.5 Å². The molecule has 0 unspecified atom stereocenters. The summed E-state index contributed by atoms with van der Waals surface area (Å²) in [5.41, 5.74) is 2.69. The molecule has 1 saturated heterocycles. The van der Waals surface area contributed by atoms with Crippen molar-refractivity contribution in [2.75, 3.05) is 7.11 Å². The number of amides is 2. The fourth-order valence-corrected chi connectivity index (χ4v) is 5.36. The number of nitrogens with zero attached hydrogens (tertiary/aromatic N) is 1. The SMILES string of the molecule is COc1cc(/C=C2/SC(=O)N(Cc3cccc(Br)c3)C2=O)cc(I)c1OCc1ccccc1. The van der Waals surface area contributed by atoms with Crippen LogP contribution in [0.2, 0.25) is 0 Å². The van der Waals surface area contributed by atoms with E-state index in [-0.39, 0.29) is 17.7 Å². The van der Waals surface area contributed by atoms with Gasteiger partial charge in [0, 0.05) is 4.47 Å². The number of rotatable bonds is 7. The van der Waals surface area contributed by atoms with Crippen molar-refractivity contribution >= 4 is 67.5 Å². The molecule has 0 N–H and O–H groups in total. The van der Waals surface area contributed by atoms with Crippen LogP contribution in [0.1, 0.15) is 16.7 Å². The van der Waals surface area contributed by atoms with Crippen molar-refractivity contribution < 1.29 is 19.1 Å². The third-order valence-electron chi connectivity index (χ3n) is 4.88. The molecular formula is C25H19BrINO4S. The van der Waals surface area contributed by atoms with Gasteiger partial charge in [0.25, 0.3) is 11.1 Å². The van der Waals surface area contributed by atoms with Gasteiger partial charge in [-0.05, 0) is 81.4 Å². The standard InChI is InChI=1S/C25H19BrINO4S/c1-31-21-12-18(11-20(27)23(21)32-15-16-6-3-2-4-7-16)13-22-24(29)28(25(30)33-22)14-17-8-5-9-19(26)10-17/h2-13H,14-15H2,1H3/b22-13+. The Hall–Kier alpha value is -2.30. The second-order valence-corrected chi connectivity index (χ2v) is 10.3. The van der Waals surface area contributed by atoms with Crippen molar-refractivity contribution in [3.05, 3.63) is 96.4 Å². The second-order valence-electron chi connectivity index (χ2n) is 7.21. The van der Waals surface area contributed by atoms with Crippen LogP contribution in [0.5, 0.6) is 11.5 Å². The van der Waals surface area contributed by atoms with Gasteiger partial charge in [-0.2, -0.15) is 0 Å². The maximum absolute atomic E-state index is 12.9. The van der Waals surface area contributed by atoms with Gasteiger partial charge >= 0.3 is 0 Å². The molecule has 3 aromatic rings. The summed E-state index contributed by atoms with van der Waals surface area (Å²) in [6, 6.07) is 21.2. The van der Waals surface area contributed by atoms with Crippen molar-refractivity contribution in [3.8, 4) is 11.5 Å². The minimum atomic E-state index is -0.302. The highest BCUT2D eigenvalue weighted by Gasteiger charge is 2.35. The Labute approximate surface area is 218 Å². The number of thioether (sulfide) groups is 1. The molecule has 0 radical (unpaired) electrons. The summed E-state index contributed by atoms with van der Waals surface area (Å²) in [5.74, 6) is 0.905. The fourth-order valence-electron chi connectivity index (χ4n) is 3.30. The predicted octanol–water partition coefficient (Wildman–Crippen LogP) is 6.88.